The van der Waals surface area contributed by atoms with Crippen LogP contribution in [0.4, 0.5) is 0 Å². The molecule has 0 spiro atoms. The van der Waals surface area contributed by atoms with Crippen molar-refractivity contribution >= 4 is 15.9 Å². The predicted molar refractivity (Wildman–Crippen MR) is 97.5 cm³/mol. The Kier molecular flexibility index (Phi) is 5.46. The fraction of sp³-hybridized carbons (Fsp3) is 0.611. The highest BCUT2D eigenvalue weighted by molar-refractivity contribution is 7.89. The Hall–Kier alpha value is -1.44. The van der Waals surface area contributed by atoms with Crippen molar-refractivity contribution in [3.8, 4) is 0 Å². The lowest BCUT2D eigenvalue weighted by Gasteiger charge is -2.27. The second kappa shape index (κ2) is 7.43. The average molecular weight is 365 g/mol. The molecule has 3 atom stereocenters. The number of nitrogens with two attached hydrogens (primary N) is 1. The highest BCUT2D eigenvalue weighted by Gasteiger charge is 2.43. The van der Waals surface area contributed by atoms with Crippen molar-refractivity contribution < 1.29 is 13.2 Å². The van der Waals surface area contributed by atoms with Crippen LogP contribution in [0.2, 0.25) is 0 Å². The largest absolute Gasteiger partial charge is 0.339 e. The molecule has 0 aromatic heterocycles. The Morgan fingerprint density at radius 2 is 1.96 bits per heavy atom. The quantitative estimate of drug-likeness (QED) is 0.848. The van der Waals surface area contributed by atoms with E-state index in [1.165, 1.54) is 4.31 Å². The first-order valence-electron chi connectivity index (χ1n) is 9.03. The van der Waals surface area contributed by atoms with Gasteiger partial charge < -0.3 is 10.6 Å². The number of carbonyl (C=O) groups is 1. The number of rotatable bonds is 5. The molecule has 25 heavy (non-hydrogen) atoms. The van der Waals surface area contributed by atoms with Crippen molar-refractivity contribution in [2.45, 2.75) is 44.2 Å². The Morgan fingerprint density at radius 3 is 2.64 bits per heavy atom. The van der Waals surface area contributed by atoms with Gasteiger partial charge in [-0.2, -0.15) is 4.31 Å². The van der Waals surface area contributed by atoms with E-state index < -0.39 is 16.1 Å². The molecule has 138 valence electrons. The Morgan fingerprint density at radius 1 is 1.24 bits per heavy atom. The molecule has 1 unspecified atom stereocenters. The van der Waals surface area contributed by atoms with Gasteiger partial charge >= 0.3 is 0 Å². The van der Waals surface area contributed by atoms with Crippen molar-refractivity contribution in [3.05, 3.63) is 35.9 Å². The first kappa shape index (κ1) is 18.4. The lowest BCUT2D eigenvalue weighted by atomic mass is 9.95. The summed E-state index contributed by atoms with van der Waals surface area (Å²) in [5, 5.41) is 0. The molecule has 1 amide bonds. The number of likely N-dealkylation sites (tertiary alicyclic amines) is 1. The Balaban J connectivity index is 1.73. The molecule has 2 fully saturated rings. The van der Waals surface area contributed by atoms with Crippen molar-refractivity contribution in [1.29, 1.82) is 0 Å². The third-order valence-corrected chi connectivity index (χ3v) is 7.29. The van der Waals surface area contributed by atoms with Gasteiger partial charge in [0.05, 0.1) is 5.75 Å². The predicted octanol–water partition coefficient (Wildman–Crippen LogP) is 1.14. The van der Waals surface area contributed by atoms with Crippen molar-refractivity contribution in [1.82, 2.24) is 9.21 Å². The standard InChI is InChI=1S/C18H27N3O3S/c1-2-11-25(23,24)21-10-6-9-17(21)18(22)20-12-15(16(19)13-20)14-7-4-3-5-8-14/h3-5,7-8,15-17H,2,6,9-13,19H2,1H3/t15-,16+,17?/m0/s1. The molecule has 0 saturated carbocycles. The van der Waals surface area contributed by atoms with Crippen molar-refractivity contribution in [3.63, 3.8) is 0 Å². The minimum atomic E-state index is -3.36. The van der Waals surface area contributed by atoms with Gasteiger partial charge in [0.2, 0.25) is 15.9 Å². The second-order valence-corrected chi connectivity index (χ2v) is 9.05. The average Bonchev–Trinajstić information content (AvgIpc) is 3.22. The maximum atomic E-state index is 13.0. The van der Waals surface area contributed by atoms with Crippen molar-refractivity contribution in [2.75, 3.05) is 25.4 Å². The van der Waals surface area contributed by atoms with E-state index in [4.69, 9.17) is 5.73 Å². The number of benzene rings is 1. The van der Waals surface area contributed by atoms with Crippen LogP contribution in [0.15, 0.2) is 30.3 Å². The van der Waals surface area contributed by atoms with E-state index in [0.717, 1.165) is 12.0 Å². The Labute approximate surface area is 150 Å². The van der Waals surface area contributed by atoms with E-state index >= 15 is 0 Å². The van der Waals surface area contributed by atoms with Crippen LogP contribution in [-0.4, -0.2) is 61.0 Å². The first-order valence-corrected chi connectivity index (χ1v) is 10.6. The van der Waals surface area contributed by atoms with E-state index in [0.29, 0.717) is 32.5 Å². The van der Waals surface area contributed by atoms with E-state index in [2.05, 4.69) is 0 Å². The molecule has 2 aliphatic heterocycles. The molecule has 0 radical (unpaired) electrons. The molecular formula is C18H27N3O3S. The number of sulfonamides is 1. The summed E-state index contributed by atoms with van der Waals surface area (Å²) >= 11 is 0. The summed E-state index contributed by atoms with van der Waals surface area (Å²) < 4.78 is 26.3. The third kappa shape index (κ3) is 3.73. The summed E-state index contributed by atoms with van der Waals surface area (Å²) in [5.41, 5.74) is 7.41. The second-order valence-electron chi connectivity index (χ2n) is 7.01. The monoisotopic (exact) mass is 365 g/mol. The molecule has 0 bridgehead atoms. The summed E-state index contributed by atoms with van der Waals surface area (Å²) in [6.07, 6.45) is 1.90. The SMILES string of the molecule is CCCS(=O)(=O)N1CCCC1C(=O)N1C[C@@H](N)[C@H](c2ccccc2)C1. The lowest BCUT2D eigenvalue weighted by Crippen LogP contribution is -2.48. The number of amides is 1. The van der Waals surface area contributed by atoms with Crippen LogP contribution in [0, 0.1) is 0 Å². The van der Waals surface area contributed by atoms with Crippen LogP contribution in [0.1, 0.15) is 37.7 Å². The van der Waals surface area contributed by atoms with Gasteiger partial charge in [-0.25, -0.2) is 8.42 Å². The fourth-order valence-electron chi connectivity index (χ4n) is 3.97. The highest BCUT2D eigenvalue weighted by Crippen LogP contribution is 2.30. The van der Waals surface area contributed by atoms with Gasteiger partial charge in [0.15, 0.2) is 0 Å². The zero-order valence-corrected chi connectivity index (χ0v) is 15.5. The minimum absolute atomic E-state index is 0.0916. The van der Waals surface area contributed by atoms with Crippen LogP contribution >= 0.6 is 0 Å². The molecule has 6 nitrogen and oxygen atoms in total. The van der Waals surface area contributed by atoms with Gasteiger partial charge in [-0.05, 0) is 24.8 Å². The van der Waals surface area contributed by atoms with Crippen LogP contribution in [0.3, 0.4) is 0 Å². The Bertz CT molecular complexity index is 708. The molecule has 3 rings (SSSR count). The highest BCUT2D eigenvalue weighted by atomic mass is 32.2. The zero-order valence-electron chi connectivity index (χ0n) is 14.7. The van der Waals surface area contributed by atoms with E-state index in [-0.39, 0.29) is 23.6 Å². The molecular weight excluding hydrogens is 338 g/mol. The molecule has 2 heterocycles. The molecule has 1 aromatic rings. The van der Waals surface area contributed by atoms with Gasteiger partial charge in [-0.3, -0.25) is 4.79 Å². The molecule has 7 heteroatoms. The first-order chi connectivity index (χ1) is 11.9. The molecule has 0 aliphatic carbocycles. The maximum Gasteiger partial charge on any atom is 0.241 e. The van der Waals surface area contributed by atoms with E-state index in [9.17, 15) is 13.2 Å². The molecule has 2 N–H and O–H groups in total. The maximum absolute atomic E-state index is 13.0. The summed E-state index contributed by atoms with van der Waals surface area (Å²) in [6, 6.07) is 9.30. The smallest absolute Gasteiger partial charge is 0.241 e. The lowest BCUT2D eigenvalue weighted by molar-refractivity contribution is -0.133. The summed E-state index contributed by atoms with van der Waals surface area (Å²) in [6.45, 7) is 3.33. The molecule has 2 saturated heterocycles. The zero-order chi connectivity index (χ0) is 18.0. The molecule has 2 aliphatic rings. The summed E-state index contributed by atoms with van der Waals surface area (Å²) in [4.78, 5) is 14.8. The van der Waals surface area contributed by atoms with E-state index in [1.54, 1.807) is 4.90 Å². The molecule has 1 aromatic carbocycles. The number of hydrogen-bond acceptors (Lipinski definition) is 4. The summed E-state index contributed by atoms with van der Waals surface area (Å²) in [7, 11) is -3.36. The van der Waals surface area contributed by atoms with Gasteiger partial charge in [0, 0.05) is 31.6 Å². The topological polar surface area (TPSA) is 83.7 Å². The van der Waals surface area contributed by atoms with E-state index in [1.807, 2.05) is 37.3 Å². The summed E-state index contributed by atoms with van der Waals surface area (Å²) in [5.74, 6) is 0.112. The fourth-order valence-corrected chi connectivity index (χ4v) is 5.71. The van der Waals surface area contributed by atoms with Crippen LogP contribution in [0.25, 0.3) is 0 Å². The minimum Gasteiger partial charge on any atom is -0.339 e. The number of nitrogens with zero attached hydrogens (tertiary/aromatic N) is 2. The van der Waals surface area contributed by atoms with Crippen LogP contribution in [-0.2, 0) is 14.8 Å². The third-order valence-electron chi connectivity index (χ3n) is 5.21. The van der Waals surface area contributed by atoms with Gasteiger partial charge in [-0.1, -0.05) is 37.3 Å². The van der Waals surface area contributed by atoms with Gasteiger partial charge in [0.25, 0.3) is 0 Å². The van der Waals surface area contributed by atoms with Crippen LogP contribution in [0.5, 0.6) is 0 Å². The number of carbonyl (C=O) groups excluding carboxylic acids is 1. The van der Waals surface area contributed by atoms with Crippen LogP contribution < -0.4 is 5.73 Å². The normalized spacial score (nSPS) is 27.8. The van der Waals surface area contributed by atoms with Gasteiger partial charge in [-0.15, -0.1) is 0 Å². The van der Waals surface area contributed by atoms with Gasteiger partial charge in [0.1, 0.15) is 6.04 Å². The number of hydrogen-bond donors (Lipinski definition) is 1. The van der Waals surface area contributed by atoms with Crippen molar-refractivity contribution in [2.24, 2.45) is 5.73 Å².